The van der Waals surface area contributed by atoms with Crippen LogP contribution in [-0.2, 0) is 19.1 Å². The van der Waals surface area contributed by atoms with Gasteiger partial charge in [-0.3, -0.25) is 9.59 Å². The minimum atomic E-state index is -0.587. The van der Waals surface area contributed by atoms with Crippen molar-refractivity contribution in [2.75, 3.05) is 26.0 Å². The van der Waals surface area contributed by atoms with Crippen molar-refractivity contribution in [3.05, 3.63) is 0 Å². The molecule has 1 unspecified atom stereocenters. The number of nitrogens with zero attached hydrogens (tertiary/aromatic N) is 1. The van der Waals surface area contributed by atoms with Gasteiger partial charge in [0.2, 0.25) is 5.91 Å². The number of amides is 2. The number of cyclic esters (lactones) is 1. The van der Waals surface area contributed by atoms with Crippen molar-refractivity contribution < 1.29 is 23.9 Å². The van der Waals surface area contributed by atoms with Crippen molar-refractivity contribution in [3.63, 3.8) is 0 Å². The van der Waals surface area contributed by atoms with E-state index in [1.165, 1.54) is 18.9 Å². The van der Waals surface area contributed by atoms with Gasteiger partial charge in [0.1, 0.15) is 6.61 Å². The Labute approximate surface area is 104 Å². The summed E-state index contributed by atoms with van der Waals surface area (Å²) < 4.78 is 9.18. The van der Waals surface area contributed by atoms with E-state index < -0.39 is 6.09 Å². The molecule has 1 heterocycles. The number of thioether (sulfide) groups is 1. The fraction of sp³-hybridized carbons (Fsp3) is 0.700. The minimum Gasteiger partial charge on any atom is -0.469 e. The fourth-order valence-electron chi connectivity index (χ4n) is 1.29. The van der Waals surface area contributed by atoms with E-state index in [1.54, 1.807) is 0 Å². The molecule has 0 spiro atoms. The van der Waals surface area contributed by atoms with E-state index in [-0.39, 0.29) is 35.9 Å². The third-order valence-electron chi connectivity index (χ3n) is 2.23. The average Bonchev–Trinajstić information content (AvgIpc) is 2.72. The number of hydrogen-bond donors (Lipinski definition) is 0. The molecule has 0 aliphatic carbocycles. The number of ether oxygens (including phenoxy) is 2. The lowest BCUT2D eigenvalue weighted by Gasteiger charge is -2.13. The monoisotopic (exact) mass is 261 g/mol. The van der Waals surface area contributed by atoms with E-state index in [9.17, 15) is 14.4 Å². The lowest BCUT2D eigenvalue weighted by molar-refractivity contribution is -0.140. The molecule has 1 aliphatic heterocycles. The molecule has 0 saturated carbocycles. The van der Waals surface area contributed by atoms with Gasteiger partial charge in [-0.05, 0) is 0 Å². The number of methoxy groups -OCH3 is 1. The van der Waals surface area contributed by atoms with Crippen molar-refractivity contribution >= 4 is 29.7 Å². The molecule has 0 aromatic rings. The molecule has 1 fully saturated rings. The highest BCUT2D eigenvalue weighted by Crippen LogP contribution is 2.16. The summed E-state index contributed by atoms with van der Waals surface area (Å²) in [6, 6.07) is 0. The van der Waals surface area contributed by atoms with Crippen LogP contribution in [0.25, 0.3) is 0 Å². The Kier molecular flexibility index (Phi) is 5.27. The average molecular weight is 261 g/mol. The normalized spacial score (nSPS) is 16.6. The van der Waals surface area contributed by atoms with Gasteiger partial charge in [0.15, 0.2) is 0 Å². The van der Waals surface area contributed by atoms with Crippen LogP contribution in [0.3, 0.4) is 0 Å². The third-order valence-corrected chi connectivity index (χ3v) is 3.38. The van der Waals surface area contributed by atoms with Gasteiger partial charge < -0.3 is 9.47 Å². The van der Waals surface area contributed by atoms with Gasteiger partial charge >= 0.3 is 12.1 Å². The molecule has 1 saturated heterocycles. The molecular weight excluding hydrogens is 246 g/mol. The van der Waals surface area contributed by atoms with E-state index in [4.69, 9.17) is 0 Å². The van der Waals surface area contributed by atoms with Gasteiger partial charge in [-0.2, -0.15) is 0 Å². The Morgan fingerprint density at radius 2 is 2.29 bits per heavy atom. The van der Waals surface area contributed by atoms with Crippen molar-refractivity contribution in [1.29, 1.82) is 0 Å². The Bertz CT molecular complexity index is 320. The summed E-state index contributed by atoms with van der Waals surface area (Å²) in [5.74, 6) is -0.431. The number of esters is 1. The summed E-state index contributed by atoms with van der Waals surface area (Å²) >= 11 is 1.32. The molecule has 0 radical (unpaired) electrons. The van der Waals surface area contributed by atoms with Gasteiger partial charge in [-0.15, -0.1) is 11.8 Å². The van der Waals surface area contributed by atoms with Crippen LogP contribution in [0.15, 0.2) is 0 Å². The number of carbonyl (C=O) groups is 3. The molecule has 0 bridgehead atoms. The molecule has 1 atom stereocenters. The van der Waals surface area contributed by atoms with Crippen molar-refractivity contribution in [2.45, 2.75) is 18.6 Å². The Hall–Kier alpha value is -1.24. The Morgan fingerprint density at radius 1 is 1.59 bits per heavy atom. The maximum Gasteiger partial charge on any atom is 0.416 e. The third kappa shape index (κ3) is 4.26. The molecule has 17 heavy (non-hydrogen) atoms. The zero-order chi connectivity index (χ0) is 12.8. The van der Waals surface area contributed by atoms with Crippen LogP contribution in [0.5, 0.6) is 0 Å². The summed E-state index contributed by atoms with van der Waals surface area (Å²) in [7, 11) is 1.32. The van der Waals surface area contributed by atoms with E-state index in [0.717, 1.165) is 4.90 Å². The first kappa shape index (κ1) is 13.8. The first-order valence-corrected chi connectivity index (χ1v) is 6.25. The fourth-order valence-corrected chi connectivity index (χ4v) is 2.13. The quantitative estimate of drug-likeness (QED) is 0.677. The van der Waals surface area contributed by atoms with E-state index >= 15 is 0 Å². The zero-order valence-corrected chi connectivity index (χ0v) is 10.6. The largest absolute Gasteiger partial charge is 0.469 e. The van der Waals surface area contributed by atoms with Crippen molar-refractivity contribution in [1.82, 2.24) is 4.90 Å². The lowest BCUT2D eigenvalue weighted by Crippen LogP contribution is -2.33. The smallest absolute Gasteiger partial charge is 0.416 e. The topological polar surface area (TPSA) is 72.9 Å². The highest BCUT2D eigenvalue weighted by atomic mass is 32.2. The van der Waals surface area contributed by atoms with Crippen LogP contribution >= 0.6 is 11.8 Å². The van der Waals surface area contributed by atoms with Gasteiger partial charge in [0.05, 0.1) is 25.8 Å². The summed E-state index contributed by atoms with van der Waals surface area (Å²) in [5.41, 5.74) is 0. The van der Waals surface area contributed by atoms with Crippen LogP contribution < -0.4 is 0 Å². The molecule has 0 aromatic carbocycles. The second-order valence-electron chi connectivity index (χ2n) is 3.56. The Morgan fingerprint density at radius 3 is 2.82 bits per heavy atom. The van der Waals surface area contributed by atoms with Crippen molar-refractivity contribution in [2.24, 2.45) is 0 Å². The summed E-state index contributed by atoms with van der Waals surface area (Å²) in [5, 5.41) is -0.0231. The van der Waals surface area contributed by atoms with Crippen LogP contribution in [0.1, 0.15) is 13.3 Å². The second-order valence-corrected chi connectivity index (χ2v) is 4.99. The van der Waals surface area contributed by atoms with Crippen LogP contribution in [0, 0.1) is 0 Å². The maximum absolute atomic E-state index is 11.6. The van der Waals surface area contributed by atoms with E-state index in [1.807, 2.05) is 6.92 Å². The minimum absolute atomic E-state index is 0.0231. The van der Waals surface area contributed by atoms with Crippen molar-refractivity contribution in [3.8, 4) is 0 Å². The molecule has 1 aliphatic rings. The summed E-state index contributed by atoms with van der Waals surface area (Å²) in [6.45, 7) is 2.40. The van der Waals surface area contributed by atoms with Crippen LogP contribution in [0.2, 0.25) is 0 Å². The number of carbonyl (C=O) groups excluding carboxylic acids is 3. The van der Waals surface area contributed by atoms with Crippen LogP contribution in [0.4, 0.5) is 4.79 Å². The first-order chi connectivity index (χ1) is 8.04. The molecule has 96 valence electrons. The van der Waals surface area contributed by atoms with Gasteiger partial charge in [0, 0.05) is 5.25 Å². The molecule has 0 aromatic heterocycles. The number of rotatable bonds is 5. The van der Waals surface area contributed by atoms with Crippen LogP contribution in [-0.4, -0.2) is 54.1 Å². The molecule has 0 N–H and O–H groups in total. The molecule has 7 heteroatoms. The van der Waals surface area contributed by atoms with Gasteiger partial charge in [0.25, 0.3) is 0 Å². The summed E-state index contributed by atoms with van der Waals surface area (Å²) in [6.07, 6.45) is -0.338. The predicted molar refractivity (Wildman–Crippen MR) is 61.6 cm³/mol. The maximum atomic E-state index is 11.6. The Balaban J connectivity index is 2.28. The predicted octanol–water partition coefficient (Wildman–Crippen LogP) is 0.650. The highest BCUT2D eigenvalue weighted by molar-refractivity contribution is 8.00. The number of imide groups is 1. The number of hydrogen-bond acceptors (Lipinski definition) is 6. The second kappa shape index (κ2) is 6.48. The van der Waals surface area contributed by atoms with Gasteiger partial charge in [-0.1, -0.05) is 6.92 Å². The lowest BCUT2D eigenvalue weighted by atomic mass is 10.3. The molecular formula is C10H15NO5S. The van der Waals surface area contributed by atoms with E-state index in [2.05, 4.69) is 9.47 Å². The van der Waals surface area contributed by atoms with E-state index in [0.29, 0.717) is 6.54 Å². The van der Waals surface area contributed by atoms with Gasteiger partial charge in [-0.25, -0.2) is 9.69 Å². The standard InChI is InChI=1S/C10H15NO5S/c1-7(5-9(13)15-2)17-6-8(12)11-3-4-16-10(11)14/h7H,3-6H2,1-2H3. The highest BCUT2D eigenvalue weighted by Gasteiger charge is 2.28. The first-order valence-electron chi connectivity index (χ1n) is 5.20. The summed E-state index contributed by atoms with van der Waals surface area (Å²) in [4.78, 5) is 34.7. The molecule has 1 rings (SSSR count). The zero-order valence-electron chi connectivity index (χ0n) is 9.80. The molecule has 2 amide bonds. The molecule has 6 nitrogen and oxygen atoms in total. The SMILES string of the molecule is COC(=O)CC(C)SCC(=O)N1CCOC1=O.